The number of amides is 1. The number of aromatic nitrogens is 2. The van der Waals surface area contributed by atoms with Crippen LogP contribution in [0.5, 0.6) is 5.75 Å². The van der Waals surface area contributed by atoms with Crippen LogP contribution in [0, 0.1) is 0 Å². The number of benzene rings is 2. The molecule has 2 aromatic heterocycles. The van der Waals surface area contributed by atoms with Crippen LogP contribution in [-0.2, 0) is 11.3 Å². The van der Waals surface area contributed by atoms with Gasteiger partial charge < -0.3 is 23.7 Å². The Morgan fingerprint density at radius 1 is 1.08 bits per heavy atom. The molecule has 196 valence electrons. The van der Waals surface area contributed by atoms with Gasteiger partial charge in [0.15, 0.2) is 11.5 Å². The lowest BCUT2D eigenvalue weighted by Gasteiger charge is -2.27. The van der Waals surface area contributed by atoms with Crippen molar-refractivity contribution in [1.82, 2.24) is 14.5 Å². The van der Waals surface area contributed by atoms with Gasteiger partial charge in [0.25, 0.3) is 5.91 Å². The van der Waals surface area contributed by atoms with Gasteiger partial charge in [0, 0.05) is 30.9 Å². The second-order valence-corrected chi connectivity index (χ2v) is 9.42. The van der Waals surface area contributed by atoms with E-state index in [4.69, 9.17) is 9.15 Å². The SMILES string of the molecule is CCCCCOc1ccc(C2C(C(=O)c3cc4ccccc4o3)=C(O)C(=O)N2CCCn2ccnc2)cc1. The molecule has 0 radical (unpaired) electrons. The number of carbonyl (C=O) groups excluding carboxylic acids is 2. The number of ketones is 1. The Labute approximate surface area is 221 Å². The molecule has 8 heteroatoms. The number of para-hydroxylation sites is 1. The number of rotatable bonds is 12. The molecule has 0 fully saturated rings. The van der Waals surface area contributed by atoms with Gasteiger partial charge in [-0.1, -0.05) is 50.1 Å². The van der Waals surface area contributed by atoms with Crippen molar-refractivity contribution < 1.29 is 23.8 Å². The Balaban J connectivity index is 1.43. The molecule has 1 aliphatic rings. The summed E-state index contributed by atoms with van der Waals surface area (Å²) in [5.74, 6) is -0.807. The molecule has 0 saturated carbocycles. The number of furan rings is 1. The molecule has 0 aliphatic carbocycles. The molecular formula is C30H31N3O5. The first kappa shape index (κ1) is 25.3. The maximum atomic E-state index is 13.7. The Hall–Kier alpha value is -4.33. The number of ether oxygens (including phenoxy) is 1. The predicted molar refractivity (Wildman–Crippen MR) is 143 cm³/mol. The van der Waals surface area contributed by atoms with E-state index in [0.29, 0.717) is 37.3 Å². The summed E-state index contributed by atoms with van der Waals surface area (Å²) in [5.41, 5.74) is 1.30. The van der Waals surface area contributed by atoms with Crippen molar-refractivity contribution in [3.05, 3.63) is 96.0 Å². The fourth-order valence-electron chi connectivity index (χ4n) is 4.82. The van der Waals surface area contributed by atoms with E-state index in [2.05, 4.69) is 11.9 Å². The molecule has 8 nitrogen and oxygen atoms in total. The third-order valence-electron chi connectivity index (χ3n) is 6.78. The molecule has 0 saturated heterocycles. The molecule has 3 heterocycles. The number of hydrogen-bond donors (Lipinski definition) is 1. The first-order valence-corrected chi connectivity index (χ1v) is 13.0. The van der Waals surface area contributed by atoms with E-state index in [-0.39, 0.29) is 11.3 Å². The standard InChI is InChI=1S/C30H31N3O5/c1-2-3-6-18-37-23-12-10-21(11-13-23)27-26(28(34)25-19-22-8-4-5-9-24(22)38-25)29(35)30(36)33(27)16-7-15-32-17-14-31-20-32/h4-5,8-14,17,19-20,27,35H,2-3,6-7,15-16,18H2,1H3. The zero-order valence-electron chi connectivity index (χ0n) is 21.4. The van der Waals surface area contributed by atoms with Crippen molar-refractivity contribution in [2.75, 3.05) is 13.2 Å². The topological polar surface area (TPSA) is 97.8 Å². The monoisotopic (exact) mass is 513 g/mol. The fraction of sp³-hybridized carbons (Fsp3) is 0.300. The van der Waals surface area contributed by atoms with Gasteiger partial charge in [0.1, 0.15) is 11.3 Å². The number of imidazole rings is 1. The maximum Gasteiger partial charge on any atom is 0.290 e. The van der Waals surface area contributed by atoms with Crippen LogP contribution in [0.15, 0.2) is 89.1 Å². The predicted octanol–water partition coefficient (Wildman–Crippen LogP) is 5.87. The van der Waals surface area contributed by atoms with E-state index >= 15 is 0 Å². The molecule has 1 amide bonds. The normalized spacial score (nSPS) is 15.6. The quantitative estimate of drug-likeness (QED) is 0.188. The number of unbranched alkanes of at least 4 members (excludes halogenated alkanes) is 2. The van der Waals surface area contributed by atoms with E-state index in [1.54, 1.807) is 29.6 Å². The van der Waals surface area contributed by atoms with Crippen LogP contribution in [0.4, 0.5) is 0 Å². The summed E-state index contributed by atoms with van der Waals surface area (Å²) in [5, 5.41) is 11.7. The summed E-state index contributed by atoms with van der Waals surface area (Å²) in [4.78, 5) is 32.6. The molecule has 1 N–H and O–H groups in total. The largest absolute Gasteiger partial charge is 0.503 e. The minimum atomic E-state index is -0.750. The Bertz CT molecular complexity index is 1400. The fourth-order valence-corrected chi connectivity index (χ4v) is 4.82. The van der Waals surface area contributed by atoms with Gasteiger partial charge in [-0.25, -0.2) is 4.98 Å². The lowest BCUT2D eigenvalue weighted by atomic mass is 9.95. The average Bonchev–Trinajstić information content (AvgIpc) is 3.67. The van der Waals surface area contributed by atoms with Crippen molar-refractivity contribution in [3.8, 4) is 5.75 Å². The first-order chi connectivity index (χ1) is 18.6. The van der Waals surface area contributed by atoms with E-state index in [1.807, 2.05) is 53.2 Å². The summed E-state index contributed by atoms with van der Waals surface area (Å²) >= 11 is 0. The first-order valence-electron chi connectivity index (χ1n) is 13.0. The number of hydrogen-bond acceptors (Lipinski definition) is 6. The Morgan fingerprint density at radius 2 is 1.89 bits per heavy atom. The highest BCUT2D eigenvalue weighted by Crippen LogP contribution is 2.40. The summed E-state index contributed by atoms with van der Waals surface area (Å²) < 4.78 is 13.6. The van der Waals surface area contributed by atoms with Crippen LogP contribution in [0.1, 0.15) is 54.8 Å². The average molecular weight is 514 g/mol. The highest BCUT2D eigenvalue weighted by atomic mass is 16.5. The third kappa shape index (κ3) is 5.20. The number of Topliss-reactive ketones (excluding diaryl/α,β-unsaturated/α-hetero) is 1. The molecule has 0 spiro atoms. The highest BCUT2D eigenvalue weighted by Gasteiger charge is 2.44. The van der Waals surface area contributed by atoms with Gasteiger partial charge in [-0.05, 0) is 42.7 Å². The van der Waals surface area contributed by atoms with Gasteiger partial charge >= 0.3 is 0 Å². The van der Waals surface area contributed by atoms with Gasteiger partial charge in [-0.15, -0.1) is 0 Å². The van der Waals surface area contributed by atoms with Crippen LogP contribution in [-0.4, -0.2) is 44.4 Å². The lowest BCUT2D eigenvalue weighted by molar-refractivity contribution is -0.129. The molecule has 4 aromatic rings. The summed E-state index contributed by atoms with van der Waals surface area (Å²) in [6, 6.07) is 15.6. The van der Waals surface area contributed by atoms with Crippen LogP contribution in [0.3, 0.4) is 0 Å². The number of aliphatic hydroxyl groups is 1. The highest BCUT2D eigenvalue weighted by molar-refractivity contribution is 6.16. The van der Waals surface area contributed by atoms with Gasteiger partial charge in [0.2, 0.25) is 5.78 Å². The lowest BCUT2D eigenvalue weighted by Crippen LogP contribution is -2.32. The summed E-state index contributed by atoms with van der Waals surface area (Å²) in [6.45, 7) is 3.77. The van der Waals surface area contributed by atoms with Gasteiger partial charge in [0.05, 0.1) is 24.5 Å². The molecule has 1 unspecified atom stereocenters. The summed E-state index contributed by atoms with van der Waals surface area (Å²) in [7, 11) is 0. The van der Waals surface area contributed by atoms with Crippen LogP contribution in [0.2, 0.25) is 0 Å². The van der Waals surface area contributed by atoms with Crippen LogP contribution >= 0.6 is 0 Å². The van der Waals surface area contributed by atoms with Gasteiger partial charge in [-0.2, -0.15) is 0 Å². The zero-order chi connectivity index (χ0) is 26.5. The molecule has 5 rings (SSSR count). The second-order valence-electron chi connectivity index (χ2n) is 9.42. The Kier molecular flexibility index (Phi) is 7.58. The van der Waals surface area contributed by atoms with Crippen molar-refractivity contribution in [2.24, 2.45) is 0 Å². The Morgan fingerprint density at radius 3 is 2.63 bits per heavy atom. The molecule has 1 aliphatic heterocycles. The number of carbonyl (C=O) groups is 2. The number of nitrogens with zero attached hydrogens (tertiary/aromatic N) is 3. The summed E-state index contributed by atoms with van der Waals surface area (Å²) in [6.07, 6.45) is 9.10. The zero-order valence-corrected chi connectivity index (χ0v) is 21.4. The molecule has 38 heavy (non-hydrogen) atoms. The van der Waals surface area contributed by atoms with E-state index in [1.165, 1.54) is 0 Å². The molecule has 1 atom stereocenters. The second kappa shape index (κ2) is 11.4. The van der Waals surface area contributed by atoms with Crippen molar-refractivity contribution in [3.63, 3.8) is 0 Å². The van der Waals surface area contributed by atoms with Gasteiger partial charge in [-0.3, -0.25) is 9.59 Å². The minimum absolute atomic E-state index is 0.0216. The molecule has 2 aromatic carbocycles. The van der Waals surface area contributed by atoms with E-state index in [9.17, 15) is 14.7 Å². The smallest absolute Gasteiger partial charge is 0.290 e. The van der Waals surface area contributed by atoms with Crippen LogP contribution < -0.4 is 4.74 Å². The van der Waals surface area contributed by atoms with Crippen LogP contribution in [0.25, 0.3) is 11.0 Å². The van der Waals surface area contributed by atoms with Crippen molar-refractivity contribution >= 4 is 22.7 Å². The number of aliphatic hydroxyl groups excluding tert-OH is 1. The van der Waals surface area contributed by atoms with E-state index < -0.39 is 23.5 Å². The van der Waals surface area contributed by atoms with E-state index in [0.717, 1.165) is 30.4 Å². The number of aryl methyl sites for hydroxylation is 1. The molecule has 0 bridgehead atoms. The molecular weight excluding hydrogens is 482 g/mol. The maximum absolute atomic E-state index is 13.7. The minimum Gasteiger partial charge on any atom is -0.503 e. The third-order valence-corrected chi connectivity index (χ3v) is 6.78. The van der Waals surface area contributed by atoms with Crippen molar-refractivity contribution in [2.45, 2.75) is 45.2 Å². The number of fused-ring (bicyclic) bond motifs is 1. The van der Waals surface area contributed by atoms with Crippen molar-refractivity contribution in [1.29, 1.82) is 0 Å².